The number of nitrogens with one attached hydrogen (secondary N) is 1. The number of anilines is 1. The Morgan fingerprint density at radius 3 is 2.58 bits per heavy atom. The highest BCUT2D eigenvalue weighted by molar-refractivity contribution is 5.83. The van der Waals surface area contributed by atoms with Gasteiger partial charge in [0.15, 0.2) is 34.7 Å². The van der Waals surface area contributed by atoms with E-state index in [9.17, 15) is 15.3 Å². The zero-order chi connectivity index (χ0) is 22.1. The predicted octanol–water partition coefficient (Wildman–Crippen LogP) is 0.628. The van der Waals surface area contributed by atoms with Crippen LogP contribution in [0.3, 0.4) is 0 Å². The monoisotopic (exact) mass is 431 g/mol. The number of aromatic nitrogens is 4. The van der Waals surface area contributed by atoms with E-state index in [1.807, 2.05) is 25.1 Å². The first-order valence-corrected chi connectivity index (χ1v) is 9.77. The lowest BCUT2D eigenvalue weighted by atomic mass is 10.1. The fourth-order valence-corrected chi connectivity index (χ4v) is 3.66. The highest BCUT2D eigenvalue weighted by Crippen LogP contribution is 2.34. The maximum Gasteiger partial charge on any atom is 0.167 e. The van der Waals surface area contributed by atoms with E-state index in [4.69, 9.17) is 14.2 Å². The van der Waals surface area contributed by atoms with Gasteiger partial charge in [-0.25, -0.2) is 15.0 Å². The van der Waals surface area contributed by atoms with Gasteiger partial charge < -0.3 is 34.8 Å². The second kappa shape index (κ2) is 8.63. The summed E-state index contributed by atoms with van der Waals surface area (Å²) in [6.07, 6.45) is -1.41. The number of aliphatic hydroxyl groups excluding tert-OH is 3. The number of methoxy groups -OCH3 is 2. The van der Waals surface area contributed by atoms with Crippen molar-refractivity contribution in [2.75, 3.05) is 26.1 Å². The number of ether oxygens (including phenoxy) is 3. The second-order valence-corrected chi connectivity index (χ2v) is 7.26. The fourth-order valence-electron chi connectivity index (χ4n) is 3.66. The van der Waals surface area contributed by atoms with Gasteiger partial charge in [-0.2, -0.15) is 0 Å². The van der Waals surface area contributed by atoms with Crippen LogP contribution in [0.4, 0.5) is 5.82 Å². The first-order chi connectivity index (χ1) is 15.0. The zero-order valence-corrected chi connectivity index (χ0v) is 17.3. The quantitative estimate of drug-likeness (QED) is 0.420. The average molecular weight is 431 g/mol. The molecule has 0 spiro atoms. The maximum atomic E-state index is 10.3. The predicted molar refractivity (Wildman–Crippen MR) is 110 cm³/mol. The number of benzene rings is 1. The standard InChI is InChI=1S/C20H25N5O6/c1-10(11-4-5-12(29-2)13(6-11)30-3)24-18-15-19(22-8-21-18)25(9-23-15)20-17(28)16(27)14(7-26)31-20/h4-6,8-10,14,16-17,20,26-28H,7H2,1-3H3,(H,21,22,24)/t10?,14-,16+,17?,20-/m1/s1. The van der Waals surface area contributed by atoms with Crippen molar-refractivity contribution in [3.05, 3.63) is 36.4 Å². The molecule has 31 heavy (non-hydrogen) atoms. The van der Waals surface area contributed by atoms with Gasteiger partial charge in [-0.05, 0) is 24.6 Å². The van der Waals surface area contributed by atoms with Gasteiger partial charge in [-0.3, -0.25) is 4.57 Å². The molecule has 4 N–H and O–H groups in total. The molecular formula is C20H25N5O6. The van der Waals surface area contributed by atoms with Crippen LogP contribution in [-0.4, -0.2) is 74.0 Å². The molecule has 0 bridgehead atoms. The molecule has 0 aliphatic carbocycles. The van der Waals surface area contributed by atoms with E-state index < -0.39 is 31.1 Å². The zero-order valence-electron chi connectivity index (χ0n) is 17.3. The van der Waals surface area contributed by atoms with E-state index in [1.54, 1.807) is 14.2 Å². The summed E-state index contributed by atoms with van der Waals surface area (Å²) >= 11 is 0. The van der Waals surface area contributed by atoms with Crippen LogP contribution in [0.5, 0.6) is 11.5 Å². The van der Waals surface area contributed by atoms with Gasteiger partial charge in [0.2, 0.25) is 0 Å². The number of hydrogen-bond donors (Lipinski definition) is 4. The number of imidazole rings is 1. The first kappa shape index (κ1) is 21.2. The van der Waals surface area contributed by atoms with E-state index in [2.05, 4.69) is 20.3 Å². The molecule has 2 aromatic heterocycles. The van der Waals surface area contributed by atoms with E-state index in [0.717, 1.165) is 5.56 Å². The van der Waals surface area contributed by atoms with Crippen LogP contribution in [0.15, 0.2) is 30.9 Å². The SMILES string of the molecule is COc1ccc(C(C)Nc2ncnc3c2ncn3[C@@H]2O[C@H](CO)[C@H](O)C2O)cc1OC. The molecule has 0 amide bonds. The third kappa shape index (κ3) is 3.76. The van der Waals surface area contributed by atoms with Crippen LogP contribution in [0, 0.1) is 0 Å². The normalized spacial score (nSPS) is 24.3. The number of rotatable bonds is 7. The van der Waals surface area contributed by atoms with Crippen LogP contribution in [0.25, 0.3) is 11.2 Å². The summed E-state index contributed by atoms with van der Waals surface area (Å²) in [5.74, 6) is 1.76. The minimum atomic E-state index is -1.23. The smallest absolute Gasteiger partial charge is 0.167 e. The van der Waals surface area contributed by atoms with Gasteiger partial charge in [-0.15, -0.1) is 0 Å². The van der Waals surface area contributed by atoms with Crippen molar-refractivity contribution >= 4 is 17.0 Å². The molecule has 1 fully saturated rings. The lowest BCUT2D eigenvalue weighted by Gasteiger charge is -2.18. The summed E-state index contributed by atoms with van der Waals surface area (Å²) in [5.41, 5.74) is 1.85. The summed E-state index contributed by atoms with van der Waals surface area (Å²) in [7, 11) is 3.16. The minimum absolute atomic E-state index is 0.142. The Morgan fingerprint density at radius 2 is 1.90 bits per heavy atom. The molecule has 11 heteroatoms. The molecule has 0 saturated carbocycles. The lowest BCUT2D eigenvalue weighted by Crippen LogP contribution is -2.33. The molecule has 1 aromatic carbocycles. The molecule has 3 aromatic rings. The molecule has 4 rings (SSSR count). The van der Waals surface area contributed by atoms with E-state index >= 15 is 0 Å². The van der Waals surface area contributed by atoms with Gasteiger partial charge in [0.1, 0.15) is 24.6 Å². The van der Waals surface area contributed by atoms with Crippen molar-refractivity contribution in [3.8, 4) is 11.5 Å². The van der Waals surface area contributed by atoms with E-state index in [1.165, 1.54) is 17.2 Å². The topological polar surface area (TPSA) is 144 Å². The number of fused-ring (bicyclic) bond motifs is 1. The van der Waals surface area contributed by atoms with Crippen LogP contribution >= 0.6 is 0 Å². The Hall–Kier alpha value is -2.99. The molecule has 0 radical (unpaired) electrons. The van der Waals surface area contributed by atoms with Gasteiger partial charge in [0, 0.05) is 0 Å². The van der Waals surface area contributed by atoms with Gasteiger partial charge >= 0.3 is 0 Å². The molecule has 11 nitrogen and oxygen atoms in total. The van der Waals surface area contributed by atoms with Gasteiger partial charge in [0.05, 0.1) is 33.2 Å². The van der Waals surface area contributed by atoms with Crippen molar-refractivity contribution in [1.82, 2.24) is 19.5 Å². The second-order valence-electron chi connectivity index (χ2n) is 7.26. The molecule has 1 aliphatic heterocycles. The molecule has 1 aliphatic rings. The number of hydrogen-bond acceptors (Lipinski definition) is 10. The largest absolute Gasteiger partial charge is 0.493 e. The van der Waals surface area contributed by atoms with E-state index in [-0.39, 0.29) is 6.04 Å². The van der Waals surface area contributed by atoms with Crippen LogP contribution in [-0.2, 0) is 4.74 Å². The number of aliphatic hydroxyl groups is 3. The van der Waals surface area contributed by atoms with Crippen molar-refractivity contribution in [1.29, 1.82) is 0 Å². The molecule has 1 saturated heterocycles. The summed E-state index contributed by atoms with van der Waals surface area (Å²) in [6, 6.07) is 5.50. The van der Waals surface area contributed by atoms with Crippen molar-refractivity contribution in [2.24, 2.45) is 0 Å². The van der Waals surface area contributed by atoms with Crippen molar-refractivity contribution in [3.63, 3.8) is 0 Å². The summed E-state index contributed by atoms with van der Waals surface area (Å²) in [4.78, 5) is 12.9. The summed E-state index contributed by atoms with van der Waals surface area (Å²) in [6.45, 7) is 1.56. The van der Waals surface area contributed by atoms with Crippen LogP contribution in [0.1, 0.15) is 24.8 Å². The Morgan fingerprint density at radius 1 is 1.13 bits per heavy atom. The Labute approximate surface area is 178 Å². The average Bonchev–Trinajstić information content (AvgIpc) is 3.34. The summed E-state index contributed by atoms with van der Waals surface area (Å²) < 4.78 is 17.8. The number of nitrogens with zero attached hydrogens (tertiary/aromatic N) is 4. The van der Waals surface area contributed by atoms with Crippen LogP contribution in [0.2, 0.25) is 0 Å². The summed E-state index contributed by atoms with van der Waals surface area (Å²) in [5, 5.41) is 33.0. The first-order valence-electron chi connectivity index (χ1n) is 9.77. The van der Waals surface area contributed by atoms with E-state index in [0.29, 0.717) is 28.5 Å². The third-order valence-corrected chi connectivity index (χ3v) is 5.41. The fraction of sp³-hybridized carbons (Fsp3) is 0.450. The Bertz CT molecular complexity index is 1060. The molecule has 2 unspecified atom stereocenters. The van der Waals surface area contributed by atoms with Crippen molar-refractivity contribution < 1.29 is 29.5 Å². The highest BCUT2D eigenvalue weighted by atomic mass is 16.6. The Balaban J connectivity index is 1.61. The van der Waals surface area contributed by atoms with Gasteiger partial charge in [0.25, 0.3) is 0 Å². The molecule has 166 valence electrons. The molecule has 5 atom stereocenters. The lowest BCUT2D eigenvalue weighted by molar-refractivity contribution is -0.0511. The highest BCUT2D eigenvalue weighted by Gasteiger charge is 2.44. The molecular weight excluding hydrogens is 406 g/mol. The maximum absolute atomic E-state index is 10.3. The van der Waals surface area contributed by atoms with Crippen LogP contribution < -0.4 is 14.8 Å². The Kier molecular flexibility index (Phi) is 5.92. The minimum Gasteiger partial charge on any atom is -0.493 e. The van der Waals surface area contributed by atoms with Gasteiger partial charge in [-0.1, -0.05) is 6.07 Å². The molecule has 3 heterocycles. The third-order valence-electron chi connectivity index (χ3n) is 5.41. The van der Waals surface area contributed by atoms with Crippen molar-refractivity contribution in [2.45, 2.75) is 37.5 Å².